The lowest BCUT2D eigenvalue weighted by molar-refractivity contribution is 0.102. The molecule has 0 radical (unpaired) electrons. The molecule has 0 saturated carbocycles. The number of aromatic nitrogens is 2. The van der Waals surface area contributed by atoms with Crippen LogP contribution in [0.1, 0.15) is 10.4 Å². The zero-order chi connectivity index (χ0) is 17.8. The highest BCUT2D eigenvalue weighted by Crippen LogP contribution is 2.25. The molecule has 1 aromatic heterocycles. The number of nitrogens with one attached hydrogen (secondary N) is 2. The normalized spacial score (nSPS) is 10.4. The minimum absolute atomic E-state index is 0.294. The summed E-state index contributed by atoms with van der Waals surface area (Å²) >= 11 is 17.8. The zero-order valence-corrected chi connectivity index (χ0v) is 14.9. The largest absolute Gasteiger partial charge is 0.324 e. The van der Waals surface area contributed by atoms with Crippen LogP contribution in [-0.4, -0.2) is 15.9 Å². The molecule has 0 fully saturated rings. The Labute approximate surface area is 159 Å². The number of anilines is 3. The van der Waals surface area contributed by atoms with Gasteiger partial charge in [-0.25, -0.2) is 9.97 Å². The number of carbonyl (C=O) groups excluding carboxylic acids is 1. The molecule has 0 unspecified atom stereocenters. The van der Waals surface area contributed by atoms with Gasteiger partial charge in [-0.2, -0.15) is 0 Å². The first kappa shape index (κ1) is 17.5. The van der Waals surface area contributed by atoms with Crippen molar-refractivity contribution < 1.29 is 4.79 Å². The van der Waals surface area contributed by atoms with Crippen molar-refractivity contribution in [3.05, 3.63) is 75.5 Å². The molecule has 3 rings (SSSR count). The second-order valence-corrected chi connectivity index (χ2v) is 6.29. The highest BCUT2D eigenvalue weighted by Gasteiger charge is 2.10. The van der Waals surface area contributed by atoms with E-state index in [4.69, 9.17) is 34.8 Å². The molecular weight excluding hydrogens is 383 g/mol. The summed E-state index contributed by atoms with van der Waals surface area (Å²) in [6.07, 6.45) is 2.83. The molecule has 5 nitrogen and oxygen atoms in total. The molecule has 0 atom stereocenters. The van der Waals surface area contributed by atoms with Crippen LogP contribution in [0.2, 0.25) is 15.1 Å². The van der Waals surface area contributed by atoms with Crippen LogP contribution in [0.25, 0.3) is 0 Å². The van der Waals surface area contributed by atoms with Crippen LogP contribution in [0, 0.1) is 0 Å². The van der Waals surface area contributed by atoms with Gasteiger partial charge in [-0.15, -0.1) is 0 Å². The van der Waals surface area contributed by atoms with E-state index in [0.29, 0.717) is 32.3 Å². The van der Waals surface area contributed by atoms with Gasteiger partial charge in [0.05, 0.1) is 16.3 Å². The molecule has 1 amide bonds. The van der Waals surface area contributed by atoms with Gasteiger partial charge in [0.25, 0.3) is 5.91 Å². The van der Waals surface area contributed by atoms with E-state index < -0.39 is 0 Å². The van der Waals surface area contributed by atoms with Gasteiger partial charge in [-0.1, -0.05) is 40.9 Å². The lowest BCUT2D eigenvalue weighted by Crippen LogP contribution is -2.13. The molecule has 0 aliphatic carbocycles. The minimum atomic E-state index is -0.376. The fourth-order valence-corrected chi connectivity index (χ4v) is 2.64. The number of amides is 1. The molecule has 126 valence electrons. The molecule has 1 heterocycles. The highest BCUT2D eigenvalue weighted by atomic mass is 35.5. The van der Waals surface area contributed by atoms with Gasteiger partial charge in [-0.3, -0.25) is 4.79 Å². The number of nitrogens with zero attached hydrogens (tertiary/aromatic N) is 2. The Morgan fingerprint density at radius 2 is 1.64 bits per heavy atom. The summed E-state index contributed by atoms with van der Waals surface area (Å²) in [6, 6.07) is 12.0. The van der Waals surface area contributed by atoms with Crippen LogP contribution < -0.4 is 10.6 Å². The van der Waals surface area contributed by atoms with E-state index in [1.165, 1.54) is 12.4 Å². The topological polar surface area (TPSA) is 66.9 Å². The monoisotopic (exact) mass is 392 g/mol. The van der Waals surface area contributed by atoms with Gasteiger partial charge in [0.2, 0.25) is 5.95 Å². The Kier molecular flexibility index (Phi) is 5.38. The van der Waals surface area contributed by atoms with Gasteiger partial charge in [0.1, 0.15) is 0 Å². The maximum absolute atomic E-state index is 12.2. The van der Waals surface area contributed by atoms with Crippen LogP contribution >= 0.6 is 34.8 Å². The number of hydrogen-bond donors (Lipinski definition) is 2. The van der Waals surface area contributed by atoms with Crippen LogP contribution in [0.15, 0.2) is 54.9 Å². The van der Waals surface area contributed by atoms with Crippen molar-refractivity contribution in [2.45, 2.75) is 0 Å². The molecule has 3 aromatic rings. The molecular formula is C17H11Cl3N4O. The number of carbonyl (C=O) groups is 1. The molecule has 8 heteroatoms. The fraction of sp³-hybridized carbons (Fsp3) is 0. The SMILES string of the molecule is O=C(Nc1ccc(Cl)cc1Cl)c1cnc(Nc2cccc(Cl)c2)nc1. The first-order valence-corrected chi connectivity index (χ1v) is 8.26. The second kappa shape index (κ2) is 7.70. The number of halogens is 3. The predicted octanol–water partition coefficient (Wildman–Crippen LogP) is 5.43. The predicted molar refractivity (Wildman–Crippen MR) is 101 cm³/mol. The molecule has 0 aliphatic heterocycles. The van der Waals surface area contributed by atoms with Crippen molar-refractivity contribution in [3.8, 4) is 0 Å². The standard InChI is InChI=1S/C17H11Cl3N4O/c18-11-2-1-3-13(6-11)23-17-21-8-10(9-22-17)16(25)24-15-5-4-12(19)7-14(15)20/h1-9H,(H,24,25)(H,21,22,23). The van der Waals surface area contributed by atoms with E-state index in [1.807, 2.05) is 12.1 Å². The molecule has 0 spiro atoms. The van der Waals surface area contributed by atoms with E-state index in [-0.39, 0.29) is 5.91 Å². The summed E-state index contributed by atoms with van der Waals surface area (Å²) in [4.78, 5) is 20.5. The van der Waals surface area contributed by atoms with Crippen LogP contribution in [0.5, 0.6) is 0 Å². The van der Waals surface area contributed by atoms with Crippen molar-refractivity contribution in [3.63, 3.8) is 0 Å². The molecule has 0 aliphatic rings. The quantitative estimate of drug-likeness (QED) is 0.620. The molecule has 0 bridgehead atoms. The van der Waals surface area contributed by atoms with E-state index in [2.05, 4.69) is 20.6 Å². The Morgan fingerprint density at radius 3 is 2.32 bits per heavy atom. The Hall–Kier alpha value is -2.34. The fourth-order valence-electron chi connectivity index (χ4n) is 1.99. The van der Waals surface area contributed by atoms with Crippen molar-refractivity contribution in [1.29, 1.82) is 0 Å². The van der Waals surface area contributed by atoms with Gasteiger partial charge >= 0.3 is 0 Å². The number of benzene rings is 2. The third-order valence-corrected chi connectivity index (χ3v) is 3.96. The summed E-state index contributed by atoms with van der Waals surface area (Å²) in [5.74, 6) is -0.0260. The van der Waals surface area contributed by atoms with E-state index in [1.54, 1.807) is 30.3 Å². The van der Waals surface area contributed by atoms with Crippen molar-refractivity contribution in [2.24, 2.45) is 0 Å². The average Bonchev–Trinajstić information content (AvgIpc) is 2.58. The van der Waals surface area contributed by atoms with Crippen molar-refractivity contribution in [1.82, 2.24) is 9.97 Å². The smallest absolute Gasteiger partial charge is 0.258 e. The van der Waals surface area contributed by atoms with Crippen LogP contribution in [0.4, 0.5) is 17.3 Å². The van der Waals surface area contributed by atoms with Gasteiger partial charge in [0.15, 0.2) is 0 Å². The van der Waals surface area contributed by atoms with Crippen LogP contribution in [-0.2, 0) is 0 Å². The van der Waals surface area contributed by atoms with Crippen molar-refractivity contribution in [2.75, 3.05) is 10.6 Å². The van der Waals surface area contributed by atoms with Gasteiger partial charge < -0.3 is 10.6 Å². The first-order chi connectivity index (χ1) is 12.0. The summed E-state index contributed by atoms with van der Waals surface area (Å²) in [5.41, 5.74) is 1.50. The van der Waals surface area contributed by atoms with Gasteiger partial charge in [-0.05, 0) is 36.4 Å². The van der Waals surface area contributed by atoms with Crippen molar-refractivity contribution >= 4 is 58.0 Å². The minimum Gasteiger partial charge on any atom is -0.324 e. The van der Waals surface area contributed by atoms with E-state index in [9.17, 15) is 4.79 Å². The highest BCUT2D eigenvalue weighted by molar-refractivity contribution is 6.36. The molecule has 2 aromatic carbocycles. The van der Waals surface area contributed by atoms with E-state index >= 15 is 0 Å². The van der Waals surface area contributed by atoms with E-state index in [0.717, 1.165) is 5.69 Å². The Morgan fingerprint density at radius 1 is 0.920 bits per heavy atom. The Balaban J connectivity index is 1.70. The lowest BCUT2D eigenvalue weighted by Gasteiger charge is -2.08. The maximum Gasteiger partial charge on any atom is 0.258 e. The third kappa shape index (κ3) is 4.60. The maximum atomic E-state index is 12.2. The van der Waals surface area contributed by atoms with Crippen LogP contribution in [0.3, 0.4) is 0 Å². The molecule has 25 heavy (non-hydrogen) atoms. The average molecular weight is 394 g/mol. The summed E-state index contributed by atoms with van der Waals surface area (Å²) < 4.78 is 0. The summed E-state index contributed by atoms with van der Waals surface area (Å²) in [7, 11) is 0. The summed E-state index contributed by atoms with van der Waals surface area (Å²) in [5, 5.41) is 7.12. The molecule has 2 N–H and O–H groups in total. The Bertz CT molecular complexity index is 916. The zero-order valence-electron chi connectivity index (χ0n) is 12.6. The summed E-state index contributed by atoms with van der Waals surface area (Å²) in [6.45, 7) is 0. The molecule has 0 saturated heterocycles. The lowest BCUT2D eigenvalue weighted by atomic mass is 10.2. The van der Waals surface area contributed by atoms with Gasteiger partial charge in [0, 0.05) is 28.1 Å². The first-order valence-electron chi connectivity index (χ1n) is 7.12. The number of hydrogen-bond acceptors (Lipinski definition) is 4. The third-order valence-electron chi connectivity index (χ3n) is 3.17. The number of rotatable bonds is 4. The second-order valence-electron chi connectivity index (χ2n) is 5.01.